The van der Waals surface area contributed by atoms with Crippen molar-refractivity contribution < 1.29 is 13.2 Å². The minimum Gasteiger partial charge on any atom is -0.368 e. The minimum atomic E-state index is -3.00. The molecule has 3 N–H and O–H groups in total. The molecule has 1 aromatic rings. The van der Waals surface area contributed by atoms with Gasteiger partial charge in [-0.1, -0.05) is 6.07 Å². The molecular weight excluding hydrogens is 272 g/mol. The van der Waals surface area contributed by atoms with Crippen molar-refractivity contribution in [3.8, 4) is 0 Å². The summed E-state index contributed by atoms with van der Waals surface area (Å²) in [6, 6.07) is 3.90. The van der Waals surface area contributed by atoms with Gasteiger partial charge in [-0.05, 0) is 24.3 Å². The first-order valence-corrected chi connectivity index (χ1v) is 8.41. The molecule has 1 fully saturated rings. The van der Waals surface area contributed by atoms with Gasteiger partial charge in [0.15, 0.2) is 0 Å². The van der Waals surface area contributed by atoms with Gasteiger partial charge in [0.1, 0.15) is 9.84 Å². The SMILES string of the molecule is NC(=O)C1(NCc2cccs2)CCS(=O)(=O)CC1. The second kappa shape index (κ2) is 4.99. The Labute approximate surface area is 110 Å². The fourth-order valence-corrected chi connectivity index (χ4v) is 4.23. The van der Waals surface area contributed by atoms with Crippen molar-refractivity contribution in [3.63, 3.8) is 0 Å². The van der Waals surface area contributed by atoms with Crippen molar-refractivity contribution in [2.24, 2.45) is 5.73 Å². The van der Waals surface area contributed by atoms with Crippen LogP contribution in [0.3, 0.4) is 0 Å². The van der Waals surface area contributed by atoms with Gasteiger partial charge in [0.25, 0.3) is 0 Å². The first-order chi connectivity index (χ1) is 8.44. The molecule has 0 bridgehead atoms. The summed E-state index contributed by atoms with van der Waals surface area (Å²) in [6.45, 7) is 0.542. The highest BCUT2D eigenvalue weighted by Gasteiger charge is 2.41. The van der Waals surface area contributed by atoms with E-state index in [4.69, 9.17) is 5.73 Å². The Morgan fingerprint density at radius 1 is 1.44 bits per heavy atom. The maximum atomic E-state index is 11.6. The van der Waals surface area contributed by atoms with Gasteiger partial charge in [0, 0.05) is 11.4 Å². The second-order valence-electron chi connectivity index (χ2n) is 4.53. The molecule has 0 radical (unpaired) electrons. The summed E-state index contributed by atoms with van der Waals surface area (Å²) in [5.41, 5.74) is 4.56. The number of nitrogens with one attached hydrogen (secondary N) is 1. The first kappa shape index (κ1) is 13.5. The number of rotatable bonds is 4. The molecule has 5 nitrogen and oxygen atoms in total. The molecule has 0 aliphatic carbocycles. The number of nitrogens with two attached hydrogens (primary N) is 1. The molecule has 0 unspecified atom stereocenters. The van der Waals surface area contributed by atoms with Crippen LogP contribution in [0.1, 0.15) is 17.7 Å². The van der Waals surface area contributed by atoms with Gasteiger partial charge >= 0.3 is 0 Å². The molecule has 0 aromatic carbocycles. The highest BCUT2D eigenvalue weighted by Crippen LogP contribution is 2.24. The molecule has 1 amide bonds. The Morgan fingerprint density at radius 3 is 2.61 bits per heavy atom. The molecule has 0 saturated carbocycles. The van der Waals surface area contributed by atoms with Gasteiger partial charge in [0.2, 0.25) is 5.91 Å². The summed E-state index contributed by atoms with van der Waals surface area (Å²) >= 11 is 1.59. The molecule has 1 aromatic heterocycles. The Bertz CT molecular complexity index is 508. The zero-order valence-corrected chi connectivity index (χ0v) is 11.5. The van der Waals surface area contributed by atoms with Crippen molar-refractivity contribution in [1.82, 2.24) is 5.32 Å². The summed E-state index contributed by atoms with van der Waals surface area (Å²) in [6.07, 6.45) is 0.520. The van der Waals surface area contributed by atoms with Crippen molar-refractivity contribution >= 4 is 27.1 Å². The molecule has 100 valence electrons. The van der Waals surface area contributed by atoms with E-state index in [-0.39, 0.29) is 24.3 Å². The van der Waals surface area contributed by atoms with E-state index in [9.17, 15) is 13.2 Å². The molecule has 1 saturated heterocycles. The smallest absolute Gasteiger partial charge is 0.237 e. The Kier molecular flexibility index (Phi) is 3.74. The van der Waals surface area contributed by atoms with Crippen LogP contribution in [0, 0.1) is 0 Å². The van der Waals surface area contributed by atoms with Crippen LogP contribution in [0.4, 0.5) is 0 Å². The van der Waals surface area contributed by atoms with Crippen LogP contribution < -0.4 is 11.1 Å². The monoisotopic (exact) mass is 288 g/mol. The van der Waals surface area contributed by atoms with Crippen molar-refractivity contribution in [1.29, 1.82) is 0 Å². The normalized spacial score (nSPS) is 21.6. The highest BCUT2D eigenvalue weighted by atomic mass is 32.2. The van der Waals surface area contributed by atoms with Crippen molar-refractivity contribution in [2.45, 2.75) is 24.9 Å². The van der Waals surface area contributed by atoms with Crippen LogP contribution in [-0.2, 0) is 21.2 Å². The zero-order valence-electron chi connectivity index (χ0n) is 9.89. The lowest BCUT2D eigenvalue weighted by Crippen LogP contribution is -2.58. The standard InChI is InChI=1S/C11H16N2O3S2/c12-10(14)11(3-6-18(15,16)7-4-11)13-8-9-2-1-5-17-9/h1-2,5,13H,3-4,6-8H2,(H2,12,14). The molecule has 0 atom stereocenters. The van der Waals surface area contributed by atoms with E-state index in [0.29, 0.717) is 6.54 Å². The van der Waals surface area contributed by atoms with E-state index in [1.807, 2.05) is 17.5 Å². The van der Waals surface area contributed by atoms with Crippen LogP contribution in [0.5, 0.6) is 0 Å². The maximum Gasteiger partial charge on any atom is 0.237 e. The fourth-order valence-electron chi connectivity index (χ4n) is 2.07. The van der Waals surface area contributed by atoms with Gasteiger partial charge in [0.05, 0.1) is 17.0 Å². The quantitative estimate of drug-likeness (QED) is 0.832. The third-order valence-electron chi connectivity index (χ3n) is 3.33. The molecule has 0 spiro atoms. The van der Waals surface area contributed by atoms with Gasteiger partial charge in [-0.3, -0.25) is 10.1 Å². The minimum absolute atomic E-state index is 0.0212. The van der Waals surface area contributed by atoms with Crippen LogP contribution in [-0.4, -0.2) is 31.4 Å². The summed E-state index contributed by atoms with van der Waals surface area (Å²) in [5, 5.41) is 5.10. The summed E-state index contributed by atoms with van der Waals surface area (Å²) in [5.74, 6) is -0.422. The largest absolute Gasteiger partial charge is 0.368 e. The summed E-state index contributed by atoms with van der Waals surface area (Å²) in [7, 11) is -3.00. The number of primary amides is 1. The topological polar surface area (TPSA) is 89.3 Å². The number of amides is 1. The third-order valence-corrected chi connectivity index (χ3v) is 5.86. The number of carbonyl (C=O) groups excluding carboxylic acids is 1. The second-order valence-corrected chi connectivity index (χ2v) is 7.87. The average Bonchev–Trinajstić information content (AvgIpc) is 2.81. The van der Waals surface area contributed by atoms with Gasteiger partial charge in [-0.25, -0.2) is 8.42 Å². The molecule has 18 heavy (non-hydrogen) atoms. The lowest BCUT2D eigenvalue weighted by Gasteiger charge is -2.34. The first-order valence-electron chi connectivity index (χ1n) is 5.71. The number of hydrogen-bond acceptors (Lipinski definition) is 5. The van der Waals surface area contributed by atoms with Crippen molar-refractivity contribution in [2.75, 3.05) is 11.5 Å². The fraction of sp³-hybridized carbons (Fsp3) is 0.545. The summed E-state index contributed by atoms with van der Waals surface area (Å²) < 4.78 is 22.8. The molecule has 1 aliphatic heterocycles. The summed E-state index contributed by atoms with van der Waals surface area (Å²) in [4.78, 5) is 12.7. The third kappa shape index (κ3) is 2.90. The Morgan fingerprint density at radius 2 is 2.11 bits per heavy atom. The molecule has 1 aliphatic rings. The van der Waals surface area contributed by atoms with E-state index >= 15 is 0 Å². The molecule has 2 rings (SSSR count). The Hall–Kier alpha value is -0.920. The van der Waals surface area contributed by atoms with Crippen LogP contribution in [0.2, 0.25) is 0 Å². The molecule has 2 heterocycles. The van der Waals surface area contributed by atoms with Gasteiger partial charge in [-0.15, -0.1) is 11.3 Å². The zero-order chi connectivity index (χ0) is 13.2. The average molecular weight is 288 g/mol. The predicted octanol–water partition coefficient (Wildman–Crippen LogP) is 0.270. The van der Waals surface area contributed by atoms with E-state index < -0.39 is 21.3 Å². The van der Waals surface area contributed by atoms with E-state index in [2.05, 4.69) is 5.32 Å². The number of thiophene rings is 1. The Balaban J connectivity index is 2.06. The van der Waals surface area contributed by atoms with Gasteiger partial charge in [-0.2, -0.15) is 0 Å². The lowest BCUT2D eigenvalue weighted by atomic mass is 9.91. The molecular formula is C11H16N2O3S2. The van der Waals surface area contributed by atoms with E-state index in [0.717, 1.165) is 4.88 Å². The maximum absolute atomic E-state index is 11.6. The highest BCUT2D eigenvalue weighted by molar-refractivity contribution is 7.91. The van der Waals surface area contributed by atoms with Gasteiger partial charge < -0.3 is 5.73 Å². The predicted molar refractivity (Wildman–Crippen MR) is 71.0 cm³/mol. The number of sulfone groups is 1. The number of carbonyl (C=O) groups is 1. The molecule has 7 heteroatoms. The van der Waals surface area contributed by atoms with Crippen molar-refractivity contribution in [3.05, 3.63) is 22.4 Å². The van der Waals surface area contributed by atoms with Crippen LogP contribution in [0.25, 0.3) is 0 Å². The number of hydrogen-bond donors (Lipinski definition) is 2. The van der Waals surface area contributed by atoms with E-state index in [1.165, 1.54) is 0 Å². The van der Waals surface area contributed by atoms with Crippen LogP contribution in [0.15, 0.2) is 17.5 Å². The van der Waals surface area contributed by atoms with E-state index in [1.54, 1.807) is 11.3 Å². The van der Waals surface area contributed by atoms with Crippen LogP contribution >= 0.6 is 11.3 Å². The lowest BCUT2D eigenvalue weighted by molar-refractivity contribution is -0.124.